The van der Waals surface area contributed by atoms with E-state index in [0.717, 1.165) is 82.4 Å². The lowest BCUT2D eigenvalue weighted by molar-refractivity contribution is 0.0331. The quantitative estimate of drug-likeness (QED) is 0.588. The van der Waals surface area contributed by atoms with Crippen LogP contribution in [0.4, 0.5) is 5.82 Å². The van der Waals surface area contributed by atoms with E-state index in [1.165, 1.54) is 39.9 Å². The van der Waals surface area contributed by atoms with Crippen LogP contribution in [0.5, 0.6) is 0 Å². The van der Waals surface area contributed by atoms with E-state index in [2.05, 4.69) is 9.80 Å². The van der Waals surface area contributed by atoms with E-state index in [1.807, 2.05) is 41.7 Å². The third-order valence-electron chi connectivity index (χ3n) is 7.74. The van der Waals surface area contributed by atoms with Crippen LogP contribution in [0.1, 0.15) is 53.6 Å². The number of morpholine rings is 1. The summed E-state index contributed by atoms with van der Waals surface area (Å²) >= 11 is 1.90. The first kappa shape index (κ1) is 22.4. The molecule has 2 aliphatic heterocycles. The highest BCUT2D eigenvalue weighted by molar-refractivity contribution is 7.19. The lowest BCUT2D eigenvalue weighted by Gasteiger charge is -2.35. The molecule has 0 bridgehead atoms. The smallest absolute Gasteiger partial charge is 0.146 e. The molecular formula is C27H34N4O2S. The third-order valence-corrected chi connectivity index (χ3v) is 8.92. The number of anilines is 1. The number of thiophene rings is 1. The number of ether oxygens (including phenoxy) is 1. The van der Waals surface area contributed by atoms with Gasteiger partial charge in [-0.1, -0.05) is 30.3 Å². The summed E-state index contributed by atoms with van der Waals surface area (Å²) in [6, 6.07) is 10.1. The molecule has 0 spiro atoms. The molecule has 2 aromatic heterocycles. The van der Waals surface area contributed by atoms with E-state index in [1.54, 1.807) is 0 Å². The zero-order valence-electron chi connectivity index (χ0n) is 19.8. The van der Waals surface area contributed by atoms with Crippen molar-refractivity contribution in [2.75, 3.05) is 44.3 Å². The molecule has 0 saturated carbocycles. The molecule has 1 aromatic carbocycles. The molecule has 3 aliphatic rings. The van der Waals surface area contributed by atoms with Crippen molar-refractivity contribution in [3.63, 3.8) is 0 Å². The van der Waals surface area contributed by atoms with Crippen LogP contribution in [-0.4, -0.2) is 59.4 Å². The number of hydrogen-bond donors (Lipinski definition) is 1. The van der Waals surface area contributed by atoms with Gasteiger partial charge in [-0.25, -0.2) is 9.97 Å². The monoisotopic (exact) mass is 478 g/mol. The zero-order chi connectivity index (χ0) is 22.9. The number of nitrogens with zero attached hydrogens (tertiary/aromatic N) is 4. The van der Waals surface area contributed by atoms with Crippen molar-refractivity contribution < 1.29 is 9.84 Å². The molecule has 3 aromatic rings. The van der Waals surface area contributed by atoms with E-state index >= 15 is 0 Å². The van der Waals surface area contributed by atoms with Gasteiger partial charge in [0.25, 0.3) is 0 Å². The largest absolute Gasteiger partial charge is 0.388 e. The number of aliphatic hydroxyl groups excluding tert-OH is 1. The van der Waals surface area contributed by atoms with Crippen LogP contribution in [0.3, 0.4) is 0 Å². The van der Waals surface area contributed by atoms with Crippen LogP contribution >= 0.6 is 11.3 Å². The molecule has 6 nitrogen and oxygen atoms in total. The van der Waals surface area contributed by atoms with Crippen molar-refractivity contribution in [2.24, 2.45) is 5.92 Å². The Balaban J connectivity index is 1.28. The number of aromatic nitrogens is 2. The van der Waals surface area contributed by atoms with Crippen LogP contribution < -0.4 is 4.90 Å². The molecule has 2 saturated heterocycles. The van der Waals surface area contributed by atoms with Crippen molar-refractivity contribution >= 4 is 27.4 Å². The predicted octanol–water partition coefficient (Wildman–Crippen LogP) is 4.35. The second-order valence-electron chi connectivity index (χ2n) is 9.92. The lowest BCUT2D eigenvalue weighted by atomic mass is 9.87. The molecule has 7 heteroatoms. The van der Waals surface area contributed by atoms with Gasteiger partial charge in [0, 0.05) is 31.1 Å². The summed E-state index contributed by atoms with van der Waals surface area (Å²) < 4.78 is 5.53. The summed E-state index contributed by atoms with van der Waals surface area (Å²) in [7, 11) is 0. The Morgan fingerprint density at radius 1 is 1.00 bits per heavy atom. The topological polar surface area (TPSA) is 61.7 Å². The first-order chi connectivity index (χ1) is 16.8. The maximum atomic E-state index is 11.0. The van der Waals surface area contributed by atoms with E-state index in [9.17, 15) is 5.11 Å². The first-order valence-corrected chi connectivity index (χ1v) is 13.7. The molecule has 4 heterocycles. The minimum Gasteiger partial charge on any atom is -0.388 e. The molecular weight excluding hydrogens is 444 g/mol. The Morgan fingerprint density at radius 2 is 1.76 bits per heavy atom. The first-order valence-electron chi connectivity index (χ1n) is 12.9. The fraction of sp³-hybridized carbons (Fsp3) is 0.556. The Kier molecular flexibility index (Phi) is 6.52. The fourth-order valence-corrected chi connectivity index (χ4v) is 7.06. The summed E-state index contributed by atoms with van der Waals surface area (Å²) in [6.45, 7) is 6.13. The second-order valence-corrected chi connectivity index (χ2v) is 11.0. The second kappa shape index (κ2) is 9.90. The number of hydrogen-bond acceptors (Lipinski definition) is 7. The molecule has 2 fully saturated rings. The van der Waals surface area contributed by atoms with Crippen LogP contribution in [0.2, 0.25) is 0 Å². The number of benzene rings is 1. The van der Waals surface area contributed by atoms with Gasteiger partial charge >= 0.3 is 0 Å². The summed E-state index contributed by atoms with van der Waals surface area (Å²) in [6.07, 6.45) is 6.45. The maximum Gasteiger partial charge on any atom is 0.146 e. The van der Waals surface area contributed by atoms with E-state index in [0.29, 0.717) is 5.92 Å². The highest BCUT2D eigenvalue weighted by Crippen LogP contribution is 2.41. The van der Waals surface area contributed by atoms with Crippen molar-refractivity contribution in [2.45, 2.75) is 51.2 Å². The van der Waals surface area contributed by atoms with E-state index in [-0.39, 0.29) is 6.10 Å². The van der Waals surface area contributed by atoms with Gasteiger partial charge in [-0.05, 0) is 55.6 Å². The Bertz CT molecular complexity index is 1120. The van der Waals surface area contributed by atoms with E-state index < -0.39 is 0 Å². The Hall–Kier alpha value is -2.06. The van der Waals surface area contributed by atoms with Gasteiger partial charge in [0.05, 0.1) is 31.2 Å². The average molecular weight is 479 g/mol. The fourth-order valence-electron chi connectivity index (χ4n) is 5.79. The molecule has 34 heavy (non-hydrogen) atoms. The molecule has 1 N–H and O–H groups in total. The minimum absolute atomic E-state index is 0.292. The average Bonchev–Trinajstić information content (AvgIpc) is 3.27. The summed E-state index contributed by atoms with van der Waals surface area (Å²) in [4.78, 5) is 17.9. The Labute approximate surface area is 205 Å². The number of rotatable bonds is 5. The SMILES string of the molecule is O[C@@H](c1ccccc1)C1CCN(c2nc(CN3CCOCC3)nc3sc4c(c23)CCCC4)CC1. The van der Waals surface area contributed by atoms with Gasteiger partial charge in [-0.3, -0.25) is 4.90 Å². The summed E-state index contributed by atoms with van der Waals surface area (Å²) in [5, 5.41) is 12.3. The highest BCUT2D eigenvalue weighted by Gasteiger charge is 2.30. The summed E-state index contributed by atoms with van der Waals surface area (Å²) in [5.41, 5.74) is 2.54. The van der Waals surface area contributed by atoms with Crippen LogP contribution in [0.25, 0.3) is 10.2 Å². The lowest BCUT2D eigenvalue weighted by Crippen LogP contribution is -2.37. The standard InChI is InChI=1S/C27H34N4O2S/c32-25(19-6-2-1-3-7-19)20-10-12-31(13-11-20)26-24-21-8-4-5-9-22(21)34-27(24)29-23(28-26)18-30-14-16-33-17-15-30/h1-3,6-7,20,25,32H,4-5,8-18H2/t25-/m0/s1. The molecule has 0 amide bonds. The van der Waals surface area contributed by atoms with Gasteiger partial charge in [0.1, 0.15) is 16.5 Å². The van der Waals surface area contributed by atoms with Crippen molar-refractivity contribution in [1.29, 1.82) is 0 Å². The number of piperidine rings is 1. The highest BCUT2D eigenvalue weighted by atomic mass is 32.1. The molecule has 0 radical (unpaired) electrons. The van der Waals surface area contributed by atoms with Gasteiger partial charge in [-0.15, -0.1) is 11.3 Å². The number of aryl methyl sites for hydroxylation is 2. The van der Waals surface area contributed by atoms with Crippen molar-refractivity contribution in [3.8, 4) is 0 Å². The summed E-state index contributed by atoms with van der Waals surface area (Å²) in [5.74, 6) is 2.37. The van der Waals surface area contributed by atoms with Gasteiger partial charge in [0.15, 0.2) is 0 Å². The van der Waals surface area contributed by atoms with Gasteiger partial charge < -0.3 is 14.7 Å². The maximum absolute atomic E-state index is 11.0. The molecule has 1 atom stereocenters. The van der Waals surface area contributed by atoms with E-state index in [4.69, 9.17) is 14.7 Å². The van der Waals surface area contributed by atoms with Crippen LogP contribution in [0, 0.1) is 5.92 Å². The Morgan fingerprint density at radius 3 is 2.56 bits per heavy atom. The molecule has 0 unspecified atom stereocenters. The molecule has 180 valence electrons. The third kappa shape index (κ3) is 4.47. The van der Waals surface area contributed by atoms with Crippen molar-refractivity contribution in [3.05, 3.63) is 52.2 Å². The predicted molar refractivity (Wildman–Crippen MR) is 136 cm³/mol. The molecule has 1 aliphatic carbocycles. The number of fused-ring (bicyclic) bond motifs is 3. The van der Waals surface area contributed by atoms with Crippen LogP contribution in [-0.2, 0) is 24.1 Å². The van der Waals surface area contributed by atoms with Crippen molar-refractivity contribution in [1.82, 2.24) is 14.9 Å². The van der Waals surface area contributed by atoms with Crippen LogP contribution in [0.15, 0.2) is 30.3 Å². The van der Waals surface area contributed by atoms with Gasteiger partial charge in [-0.2, -0.15) is 0 Å². The van der Waals surface area contributed by atoms with Gasteiger partial charge in [0.2, 0.25) is 0 Å². The number of aliphatic hydroxyl groups is 1. The zero-order valence-corrected chi connectivity index (χ0v) is 20.6. The normalized spacial score (nSPS) is 21.0. The minimum atomic E-state index is -0.389. The molecule has 6 rings (SSSR count).